The normalized spacial score (nSPS) is 19.9. The first kappa shape index (κ1) is 15.5. The first-order chi connectivity index (χ1) is 9.55. The third kappa shape index (κ3) is 5.23. The van der Waals surface area contributed by atoms with E-state index >= 15 is 0 Å². The maximum atomic E-state index is 12.0. The number of hydrogen-bond acceptors (Lipinski definition) is 3. The first-order valence-electron chi connectivity index (χ1n) is 7.31. The average Bonchev–Trinajstić information content (AvgIpc) is 2.45. The molecule has 0 bridgehead atoms. The predicted octanol–water partition coefficient (Wildman–Crippen LogP) is 1.95. The van der Waals surface area contributed by atoms with Gasteiger partial charge in [0, 0.05) is 12.6 Å². The predicted molar refractivity (Wildman–Crippen MR) is 82.1 cm³/mol. The summed E-state index contributed by atoms with van der Waals surface area (Å²) in [6.45, 7) is 3.40. The molecule has 0 amide bonds. The Morgan fingerprint density at radius 3 is 2.90 bits per heavy atom. The summed E-state index contributed by atoms with van der Waals surface area (Å²) in [4.78, 5) is 0. The minimum atomic E-state index is -3.18. The summed E-state index contributed by atoms with van der Waals surface area (Å²) in [6, 6.07) is 8.26. The maximum absolute atomic E-state index is 12.0. The van der Waals surface area contributed by atoms with Gasteiger partial charge in [0.2, 0.25) is 10.0 Å². The Kier molecular flexibility index (Phi) is 5.57. The highest BCUT2D eigenvalue weighted by Gasteiger charge is 2.17. The quantitative estimate of drug-likeness (QED) is 0.843. The molecule has 2 N–H and O–H groups in total. The fourth-order valence-corrected chi connectivity index (χ4v) is 3.68. The lowest BCUT2D eigenvalue weighted by Crippen LogP contribution is -2.37. The van der Waals surface area contributed by atoms with Gasteiger partial charge in [-0.2, -0.15) is 0 Å². The zero-order valence-corrected chi connectivity index (χ0v) is 12.9. The van der Waals surface area contributed by atoms with Gasteiger partial charge in [-0.25, -0.2) is 13.1 Å². The summed E-state index contributed by atoms with van der Waals surface area (Å²) in [5.74, 6) is 0.205. The van der Waals surface area contributed by atoms with Gasteiger partial charge in [0.15, 0.2) is 0 Å². The molecule has 1 aromatic rings. The molecule has 112 valence electrons. The van der Waals surface area contributed by atoms with E-state index < -0.39 is 10.0 Å². The highest BCUT2D eigenvalue weighted by Crippen LogP contribution is 2.11. The van der Waals surface area contributed by atoms with Gasteiger partial charge in [0.25, 0.3) is 0 Å². The number of sulfonamides is 1. The molecule has 20 heavy (non-hydrogen) atoms. The minimum Gasteiger partial charge on any atom is -0.314 e. The van der Waals surface area contributed by atoms with E-state index in [9.17, 15) is 8.42 Å². The topological polar surface area (TPSA) is 58.2 Å². The minimum absolute atomic E-state index is 0.205. The Hall–Kier alpha value is -0.910. The molecule has 0 saturated carbocycles. The van der Waals surface area contributed by atoms with Gasteiger partial charge in [0.05, 0.1) is 5.75 Å². The largest absolute Gasteiger partial charge is 0.314 e. The Morgan fingerprint density at radius 2 is 2.20 bits per heavy atom. The molecule has 4 nitrogen and oxygen atoms in total. The summed E-state index contributed by atoms with van der Waals surface area (Å²) in [5.41, 5.74) is 2.15. The molecule has 1 aliphatic rings. The second-order valence-electron chi connectivity index (χ2n) is 5.56. The second-order valence-corrected chi connectivity index (χ2v) is 7.49. The van der Waals surface area contributed by atoms with Crippen molar-refractivity contribution in [2.45, 2.75) is 45.2 Å². The fourth-order valence-electron chi connectivity index (χ4n) is 2.56. The number of piperidine rings is 1. The van der Waals surface area contributed by atoms with Crippen molar-refractivity contribution in [2.75, 3.05) is 12.3 Å². The number of aryl methyl sites for hydroxylation is 1. The number of rotatable bonds is 6. The SMILES string of the molecule is Cc1cccc(CNS(=O)(=O)CCC2CCCCN2)c1. The second kappa shape index (κ2) is 7.20. The third-order valence-electron chi connectivity index (χ3n) is 3.73. The molecular weight excluding hydrogens is 272 g/mol. The van der Waals surface area contributed by atoms with Gasteiger partial charge < -0.3 is 5.32 Å². The van der Waals surface area contributed by atoms with Crippen LogP contribution in [0, 0.1) is 6.92 Å². The van der Waals surface area contributed by atoms with Crippen molar-refractivity contribution in [3.8, 4) is 0 Å². The van der Waals surface area contributed by atoms with Crippen LogP contribution >= 0.6 is 0 Å². The highest BCUT2D eigenvalue weighted by atomic mass is 32.2. The Bertz CT molecular complexity index is 522. The van der Waals surface area contributed by atoms with E-state index in [0.717, 1.165) is 24.1 Å². The first-order valence-corrected chi connectivity index (χ1v) is 8.97. The smallest absolute Gasteiger partial charge is 0.211 e. The Balaban J connectivity index is 1.78. The Labute approximate surface area is 122 Å². The van der Waals surface area contributed by atoms with Crippen LogP contribution in [0.1, 0.15) is 36.8 Å². The molecule has 0 spiro atoms. The van der Waals surface area contributed by atoms with E-state index in [2.05, 4.69) is 10.0 Å². The van der Waals surface area contributed by atoms with Gasteiger partial charge in [-0.15, -0.1) is 0 Å². The van der Waals surface area contributed by atoms with Gasteiger partial charge in [-0.1, -0.05) is 36.2 Å². The number of benzene rings is 1. The molecule has 1 saturated heterocycles. The van der Waals surface area contributed by atoms with Crippen LogP contribution in [-0.4, -0.2) is 26.8 Å². The zero-order valence-electron chi connectivity index (χ0n) is 12.1. The molecule has 0 aromatic heterocycles. The van der Waals surface area contributed by atoms with E-state index in [0.29, 0.717) is 19.0 Å². The molecule has 2 rings (SSSR count). The van der Waals surface area contributed by atoms with Crippen molar-refractivity contribution in [3.05, 3.63) is 35.4 Å². The van der Waals surface area contributed by atoms with E-state index in [1.54, 1.807) is 0 Å². The van der Waals surface area contributed by atoms with Crippen molar-refractivity contribution in [1.82, 2.24) is 10.0 Å². The molecule has 1 aliphatic heterocycles. The van der Waals surface area contributed by atoms with Crippen LogP contribution in [0.15, 0.2) is 24.3 Å². The average molecular weight is 296 g/mol. The lowest BCUT2D eigenvalue weighted by Gasteiger charge is -2.23. The zero-order chi connectivity index (χ0) is 14.4. The summed E-state index contributed by atoms with van der Waals surface area (Å²) in [5, 5.41) is 3.38. The fraction of sp³-hybridized carbons (Fsp3) is 0.600. The lowest BCUT2D eigenvalue weighted by atomic mass is 10.0. The maximum Gasteiger partial charge on any atom is 0.211 e. The van der Waals surface area contributed by atoms with E-state index in [1.165, 1.54) is 12.8 Å². The molecule has 1 unspecified atom stereocenters. The number of hydrogen-bond donors (Lipinski definition) is 2. The molecule has 5 heteroatoms. The van der Waals surface area contributed by atoms with Crippen molar-refractivity contribution < 1.29 is 8.42 Å². The molecular formula is C15H24N2O2S. The van der Waals surface area contributed by atoms with Gasteiger partial charge >= 0.3 is 0 Å². The molecule has 1 heterocycles. The summed E-state index contributed by atoms with van der Waals surface area (Å²) >= 11 is 0. The van der Waals surface area contributed by atoms with Crippen LogP contribution in [0.4, 0.5) is 0 Å². The summed E-state index contributed by atoms with van der Waals surface area (Å²) in [6.07, 6.45) is 4.19. The molecule has 1 atom stereocenters. The lowest BCUT2D eigenvalue weighted by molar-refractivity contribution is 0.392. The van der Waals surface area contributed by atoms with E-state index in [4.69, 9.17) is 0 Å². The summed E-state index contributed by atoms with van der Waals surface area (Å²) in [7, 11) is -3.18. The molecule has 0 radical (unpaired) electrons. The molecule has 1 aromatic carbocycles. The van der Waals surface area contributed by atoms with Gasteiger partial charge in [-0.3, -0.25) is 0 Å². The van der Waals surface area contributed by atoms with Crippen molar-refractivity contribution in [3.63, 3.8) is 0 Å². The van der Waals surface area contributed by atoms with Crippen molar-refractivity contribution in [2.24, 2.45) is 0 Å². The van der Waals surface area contributed by atoms with E-state index in [-0.39, 0.29) is 5.75 Å². The van der Waals surface area contributed by atoms with Crippen molar-refractivity contribution >= 4 is 10.0 Å². The van der Waals surface area contributed by atoms with Crippen LogP contribution in [0.3, 0.4) is 0 Å². The third-order valence-corrected chi connectivity index (χ3v) is 5.08. The highest BCUT2D eigenvalue weighted by molar-refractivity contribution is 7.89. The molecule has 0 aliphatic carbocycles. The van der Waals surface area contributed by atoms with Gasteiger partial charge in [0.1, 0.15) is 0 Å². The van der Waals surface area contributed by atoms with Crippen LogP contribution in [0.25, 0.3) is 0 Å². The van der Waals surface area contributed by atoms with Crippen LogP contribution in [-0.2, 0) is 16.6 Å². The van der Waals surface area contributed by atoms with E-state index in [1.807, 2.05) is 31.2 Å². The van der Waals surface area contributed by atoms with Gasteiger partial charge in [-0.05, 0) is 38.3 Å². The van der Waals surface area contributed by atoms with Crippen LogP contribution < -0.4 is 10.0 Å². The summed E-state index contributed by atoms with van der Waals surface area (Å²) < 4.78 is 26.7. The van der Waals surface area contributed by atoms with Crippen LogP contribution in [0.5, 0.6) is 0 Å². The monoisotopic (exact) mass is 296 g/mol. The molecule has 1 fully saturated rings. The standard InChI is InChI=1S/C15H24N2O2S/c1-13-5-4-6-14(11-13)12-17-20(18,19)10-8-15-7-2-3-9-16-15/h4-6,11,15-17H,2-3,7-10,12H2,1H3. The van der Waals surface area contributed by atoms with Crippen molar-refractivity contribution in [1.29, 1.82) is 0 Å². The Morgan fingerprint density at radius 1 is 1.35 bits per heavy atom. The number of nitrogens with one attached hydrogen (secondary N) is 2. The van der Waals surface area contributed by atoms with Crippen LogP contribution in [0.2, 0.25) is 0 Å².